The highest BCUT2D eigenvalue weighted by atomic mass is 16.2. The van der Waals surface area contributed by atoms with Crippen LogP contribution >= 0.6 is 0 Å². The zero-order valence-corrected chi connectivity index (χ0v) is 15.5. The predicted octanol–water partition coefficient (Wildman–Crippen LogP) is 0.229. The molecule has 0 radical (unpaired) electrons. The van der Waals surface area contributed by atoms with Crippen molar-refractivity contribution in [2.75, 3.05) is 18.0 Å². The van der Waals surface area contributed by atoms with E-state index in [1.54, 1.807) is 29.0 Å². The number of carbonyl (C=O) groups is 1. The Balaban J connectivity index is 1.25. The van der Waals surface area contributed by atoms with Gasteiger partial charge >= 0.3 is 0 Å². The number of aromatic nitrogens is 6. The van der Waals surface area contributed by atoms with Gasteiger partial charge in [0.25, 0.3) is 5.56 Å². The van der Waals surface area contributed by atoms with Crippen molar-refractivity contribution in [3.63, 3.8) is 0 Å². The molecule has 0 spiro atoms. The number of para-hydroxylation sites is 1. The number of rotatable bonds is 4. The molecular weight excluding hydrogens is 372 g/mol. The van der Waals surface area contributed by atoms with E-state index in [9.17, 15) is 9.59 Å². The average Bonchev–Trinajstić information content (AvgIpc) is 3.39. The van der Waals surface area contributed by atoms with Gasteiger partial charge in [-0.3, -0.25) is 14.2 Å². The number of nitrogens with one attached hydrogen (secondary N) is 1. The third kappa shape index (κ3) is 3.28. The largest absolute Gasteiger partial charge is 0.353 e. The van der Waals surface area contributed by atoms with Crippen LogP contribution in [0.4, 0.5) is 5.82 Å². The third-order valence-corrected chi connectivity index (χ3v) is 5.07. The Hall–Kier alpha value is -3.82. The summed E-state index contributed by atoms with van der Waals surface area (Å²) in [4.78, 5) is 31.4. The van der Waals surface area contributed by atoms with Crippen LogP contribution in [0.5, 0.6) is 0 Å². The first-order valence-electron chi connectivity index (χ1n) is 9.33. The highest BCUT2D eigenvalue weighted by Crippen LogP contribution is 2.18. The molecule has 146 valence electrons. The Kier molecular flexibility index (Phi) is 4.15. The van der Waals surface area contributed by atoms with Gasteiger partial charge in [-0.15, -0.1) is 15.3 Å². The molecule has 10 nitrogen and oxygen atoms in total. The molecule has 1 aliphatic heterocycles. The first-order chi connectivity index (χ1) is 14.2. The molecule has 1 amide bonds. The lowest BCUT2D eigenvalue weighted by Crippen LogP contribution is -2.40. The van der Waals surface area contributed by atoms with Crippen LogP contribution in [0, 0.1) is 0 Å². The molecule has 1 aliphatic rings. The summed E-state index contributed by atoms with van der Waals surface area (Å²) in [5.41, 5.74) is 1.09. The van der Waals surface area contributed by atoms with Crippen LogP contribution in [0.3, 0.4) is 0 Å². The third-order valence-electron chi connectivity index (χ3n) is 5.07. The molecule has 1 atom stereocenters. The molecule has 4 aromatic rings. The molecule has 4 heterocycles. The molecule has 0 aliphatic carbocycles. The summed E-state index contributed by atoms with van der Waals surface area (Å²) in [6.45, 7) is 1.37. The van der Waals surface area contributed by atoms with E-state index >= 15 is 0 Å². The normalized spacial score (nSPS) is 16.6. The minimum absolute atomic E-state index is 0.00923. The Morgan fingerprint density at radius 3 is 3.00 bits per heavy atom. The maximum atomic E-state index is 12.5. The predicted molar refractivity (Wildman–Crippen MR) is 106 cm³/mol. The van der Waals surface area contributed by atoms with Gasteiger partial charge in [-0.2, -0.15) is 4.52 Å². The minimum atomic E-state index is -0.217. The van der Waals surface area contributed by atoms with Crippen LogP contribution in [0.2, 0.25) is 0 Å². The molecule has 0 bridgehead atoms. The summed E-state index contributed by atoms with van der Waals surface area (Å²) in [6.07, 6.45) is 3.78. The molecule has 1 saturated heterocycles. The van der Waals surface area contributed by atoms with Gasteiger partial charge in [0.2, 0.25) is 5.91 Å². The van der Waals surface area contributed by atoms with Crippen molar-refractivity contribution in [3.8, 4) is 0 Å². The number of carbonyl (C=O) groups excluding carboxylic acids is 1. The van der Waals surface area contributed by atoms with Crippen LogP contribution in [0.1, 0.15) is 6.42 Å². The summed E-state index contributed by atoms with van der Waals surface area (Å²) < 4.78 is 2.96. The molecular formula is C19H18N8O2. The van der Waals surface area contributed by atoms with Crippen LogP contribution < -0.4 is 15.8 Å². The van der Waals surface area contributed by atoms with Gasteiger partial charge in [-0.1, -0.05) is 12.1 Å². The monoisotopic (exact) mass is 390 g/mol. The second-order valence-corrected chi connectivity index (χ2v) is 7.02. The Morgan fingerprint density at radius 2 is 2.07 bits per heavy atom. The van der Waals surface area contributed by atoms with Crippen molar-refractivity contribution in [1.29, 1.82) is 0 Å². The van der Waals surface area contributed by atoms with E-state index < -0.39 is 0 Å². The van der Waals surface area contributed by atoms with Gasteiger partial charge in [-0.05, 0) is 30.7 Å². The van der Waals surface area contributed by atoms with Crippen molar-refractivity contribution in [1.82, 2.24) is 34.7 Å². The first-order valence-corrected chi connectivity index (χ1v) is 9.33. The molecule has 1 N–H and O–H groups in total. The van der Waals surface area contributed by atoms with E-state index in [0.29, 0.717) is 23.1 Å². The standard InChI is InChI=1S/C19H18N8O2/c28-18(10-26-11-20-15-4-2-1-3-14(15)19(26)29)22-13-7-8-25(9-13)17-6-5-16-23-21-12-27(16)24-17/h1-6,11-13H,7-10H2,(H,22,28). The Labute approximate surface area is 164 Å². The van der Waals surface area contributed by atoms with Crippen molar-refractivity contribution in [2.24, 2.45) is 0 Å². The molecule has 1 aromatic carbocycles. The molecule has 5 rings (SSSR count). The van der Waals surface area contributed by atoms with Crippen molar-refractivity contribution in [3.05, 3.63) is 59.4 Å². The number of fused-ring (bicyclic) bond motifs is 2. The summed E-state index contributed by atoms with van der Waals surface area (Å²) >= 11 is 0. The molecule has 1 fully saturated rings. The number of hydrogen-bond donors (Lipinski definition) is 1. The first kappa shape index (κ1) is 17.3. The average molecular weight is 390 g/mol. The van der Waals surface area contributed by atoms with E-state index in [0.717, 1.165) is 18.8 Å². The molecule has 29 heavy (non-hydrogen) atoms. The topological polar surface area (TPSA) is 110 Å². The zero-order chi connectivity index (χ0) is 19.8. The molecule has 10 heteroatoms. The van der Waals surface area contributed by atoms with Crippen LogP contribution in [0.25, 0.3) is 16.6 Å². The smallest absolute Gasteiger partial charge is 0.261 e. The maximum absolute atomic E-state index is 12.5. The van der Waals surface area contributed by atoms with E-state index in [-0.39, 0.29) is 24.1 Å². The van der Waals surface area contributed by atoms with E-state index in [1.165, 1.54) is 10.9 Å². The van der Waals surface area contributed by atoms with Gasteiger partial charge in [0.1, 0.15) is 18.7 Å². The molecule has 3 aromatic heterocycles. The minimum Gasteiger partial charge on any atom is -0.353 e. The van der Waals surface area contributed by atoms with Crippen LogP contribution in [-0.4, -0.2) is 54.4 Å². The van der Waals surface area contributed by atoms with Gasteiger partial charge in [-0.25, -0.2) is 4.98 Å². The number of nitrogens with zero attached hydrogens (tertiary/aromatic N) is 7. The van der Waals surface area contributed by atoms with Crippen molar-refractivity contribution >= 4 is 28.3 Å². The second kappa shape index (κ2) is 6.97. The van der Waals surface area contributed by atoms with E-state index in [1.807, 2.05) is 18.2 Å². The van der Waals surface area contributed by atoms with Crippen LogP contribution in [0.15, 0.2) is 53.8 Å². The fourth-order valence-corrected chi connectivity index (χ4v) is 3.62. The van der Waals surface area contributed by atoms with Crippen molar-refractivity contribution in [2.45, 2.75) is 19.0 Å². The summed E-state index contributed by atoms with van der Waals surface area (Å²) in [7, 11) is 0. The second-order valence-electron chi connectivity index (χ2n) is 7.02. The zero-order valence-electron chi connectivity index (χ0n) is 15.5. The lowest BCUT2D eigenvalue weighted by atomic mass is 10.2. The lowest BCUT2D eigenvalue weighted by Gasteiger charge is -2.18. The van der Waals surface area contributed by atoms with Gasteiger partial charge in [0, 0.05) is 19.1 Å². The number of amides is 1. The number of benzene rings is 1. The van der Waals surface area contributed by atoms with Gasteiger partial charge in [0.15, 0.2) is 5.65 Å². The fourth-order valence-electron chi connectivity index (χ4n) is 3.62. The fraction of sp³-hybridized carbons (Fsp3) is 0.263. The molecule has 0 saturated carbocycles. The quantitative estimate of drug-likeness (QED) is 0.531. The van der Waals surface area contributed by atoms with Crippen molar-refractivity contribution < 1.29 is 4.79 Å². The summed E-state index contributed by atoms with van der Waals surface area (Å²) in [6, 6.07) is 10.9. The number of anilines is 1. The van der Waals surface area contributed by atoms with Crippen LogP contribution in [-0.2, 0) is 11.3 Å². The van der Waals surface area contributed by atoms with E-state index in [2.05, 4.69) is 30.5 Å². The highest BCUT2D eigenvalue weighted by molar-refractivity contribution is 5.79. The summed E-state index contributed by atoms with van der Waals surface area (Å²) in [5, 5.41) is 15.8. The summed E-state index contributed by atoms with van der Waals surface area (Å²) in [5.74, 6) is 0.599. The molecule has 1 unspecified atom stereocenters. The van der Waals surface area contributed by atoms with E-state index in [4.69, 9.17) is 0 Å². The van der Waals surface area contributed by atoms with Gasteiger partial charge < -0.3 is 10.2 Å². The lowest BCUT2D eigenvalue weighted by molar-refractivity contribution is -0.122. The maximum Gasteiger partial charge on any atom is 0.261 e. The Bertz CT molecular complexity index is 1260. The Morgan fingerprint density at radius 1 is 1.17 bits per heavy atom. The number of hydrogen-bond acceptors (Lipinski definition) is 7. The highest BCUT2D eigenvalue weighted by Gasteiger charge is 2.25. The SMILES string of the molecule is O=C(Cn1cnc2ccccc2c1=O)NC1CCN(c2ccc3nncn3n2)C1. The van der Waals surface area contributed by atoms with Gasteiger partial charge in [0.05, 0.1) is 17.2 Å².